The number of benzene rings is 3. The predicted octanol–water partition coefficient (Wildman–Crippen LogP) is 7.64. The number of carboxylic acids is 1. The molecule has 1 heterocycles. The van der Waals surface area contributed by atoms with Crippen LogP contribution in [-0.4, -0.2) is 26.5 Å². The van der Waals surface area contributed by atoms with Crippen LogP contribution < -0.4 is 10.2 Å². The highest BCUT2D eigenvalue weighted by atomic mass is 35.5. The van der Waals surface area contributed by atoms with E-state index >= 15 is 0 Å². The first-order valence-electron chi connectivity index (χ1n) is 11.6. The first kappa shape index (κ1) is 28.6. The maximum absolute atomic E-state index is 14.5. The molecule has 0 spiro atoms. The van der Waals surface area contributed by atoms with Crippen molar-refractivity contribution in [1.29, 1.82) is 0 Å². The number of amides is 1. The maximum Gasteiger partial charge on any atom is 0.338 e. The SMILES string of the molecule is Cn1c(N(c2ccc(F)c(Cl)c2)c2c(Cl)ccc(CNC(=O)C(C)(C)C)c2Cl)nc2cc(C(=O)O)c(F)cc21. The molecular weight excluding hydrogens is 573 g/mol. The second-order valence-corrected chi connectivity index (χ2v) is 11.0. The van der Waals surface area contributed by atoms with E-state index in [4.69, 9.17) is 34.8 Å². The van der Waals surface area contributed by atoms with Gasteiger partial charge in [0.2, 0.25) is 11.9 Å². The highest BCUT2D eigenvalue weighted by Gasteiger charge is 2.27. The van der Waals surface area contributed by atoms with Crippen molar-refractivity contribution in [2.45, 2.75) is 27.3 Å². The Hall–Kier alpha value is -3.40. The molecule has 2 N–H and O–H groups in total. The largest absolute Gasteiger partial charge is 0.478 e. The average molecular weight is 596 g/mol. The number of halogens is 5. The van der Waals surface area contributed by atoms with E-state index in [2.05, 4.69) is 10.3 Å². The number of hydrogen-bond donors (Lipinski definition) is 2. The minimum atomic E-state index is -1.44. The maximum atomic E-state index is 14.5. The number of nitrogens with zero attached hydrogens (tertiary/aromatic N) is 3. The number of carbonyl (C=O) groups excluding carboxylic acids is 1. The molecule has 0 unspecified atom stereocenters. The van der Waals surface area contributed by atoms with Gasteiger partial charge < -0.3 is 15.0 Å². The lowest BCUT2D eigenvalue weighted by Gasteiger charge is -2.27. The molecule has 0 saturated heterocycles. The van der Waals surface area contributed by atoms with Gasteiger partial charge in [-0.1, -0.05) is 61.6 Å². The van der Waals surface area contributed by atoms with Gasteiger partial charge in [0, 0.05) is 25.1 Å². The van der Waals surface area contributed by atoms with E-state index in [1.807, 2.05) is 0 Å². The van der Waals surface area contributed by atoms with E-state index in [0.717, 1.165) is 18.2 Å². The van der Waals surface area contributed by atoms with Crippen molar-refractivity contribution in [3.8, 4) is 0 Å². The number of carbonyl (C=O) groups is 2. The van der Waals surface area contributed by atoms with Crippen LogP contribution in [0.25, 0.3) is 11.0 Å². The van der Waals surface area contributed by atoms with E-state index in [-0.39, 0.29) is 50.2 Å². The Morgan fingerprint density at radius 3 is 2.33 bits per heavy atom. The Balaban J connectivity index is 1.95. The standard InChI is InChI=1S/C27H23Cl3F2N4O3/c1-27(2,3)25(39)33-12-13-5-7-16(28)23(22(13)30)36(14-6-8-18(31)17(29)9-14)26-34-20-10-15(24(37)38)19(32)11-21(20)35(26)4/h5-11H,12H2,1-4H3,(H,33,39)(H,37,38). The summed E-state index contributed by atoms with van der Waals surface area (Å²) in [6.45, 7) is 5.43. The number of anilines is 3. The Morgan fingerprint density at radius 1 is 1.03 bits per heavy atom. The fourth-order valence-corrected chi connectivity index (χ4v) is 4.68. The Morgan fingerprint density at radius 2 is 1.72 bits per heavy atom. The Kier molecular flexibility index (Phi) is 7.80. The lowest BCUT2D eigenvalue weighted by Crippen LogP contribution is -2.34. The summed E-state index contributed by atoms with van der Waals surface area (Å²) in [6.07, 6.45) is 0. The van der Waals surface area contributed by atoms with Crippen LogP contribution in [0.15, 0.2) is 42.5 Å². The first-order chi connectivity index (χ1) is 18.2. The number of aryl methyl sites for hydroxylation is 1. The molecule has 0 aliphatic heterocycles. The zero-order valence-electron chi connectivity index (χ0n) is 21.2. The van der Waals surface area contributed by atoms with Gasteiger partial charge in [-0.2, -0.15) is 0 Å². The number of rotatable bonds is 6. The number of hydrogen-bond acceptors (Lipinski definition) is 4. The summed E-state index contributed by atoms with van der Waals surface area (Å²) in [5.41, 5.74) is 0.382. The Bertz CT molecular complexity index is 1630. The molecule has 12 heteroatoms. The van der Waals surface area contributed by atoms with Crippen molar-refractivity contribution in [3.63, 3.8) is 0 Å². The number of fused-ring (bicyclic) bond motifs is 1. The van der Waals surface area contributed by atoms with Gasteiger partial charge in [-0.15, -0.1) is 0 Å². The summed E-state index contributed by atoms with van der Waals surface area (Å²) in [5, 5.41) is 12.4. The summed E-state index contributed by atoms with van der Waals surface area (Å²) >= 11 is 19.6. The van der Waals surface area contributed by atoms with Crippen LogP contribution in [0.2, 0.25) is 15.1 Å². The van der Waals surface area contributed by atoms with Crippen LogP contribution in [0.5, 0.6) is 0 Å². The normalized spacial score (nSPS) is 11.6. The van der Waals surface area contributed by atoms with Gasteiger partial charge in [0.15, 0.2) is 0 Å². The minimum Gasteiger partial charge on any atom is -0.478 e. The topological polar surface area (TPSA) is 87.5 Å². The molecule has 0 radical (unpaired) electrons. The molecule has 0 aliphatic carbocycles. The molecule has 0 atom stereocenters. The van der Waals surface area contributed by atoms with Crippen LogP contribution in [0, 0.1) is 17.0 Å². The van der Waals surface area contributed by atoms with E-state index in [9.17, 15) is 23.5 Å². The van der Waals surface area contributed by atoms with Crippen molar-refractivity contribution in [2.75, 3.05) is 4.90 Å². The summed E-state index contributed by atoms with van der Waals surface area (Å²) in [6, 6.07) is 9.37. The molecule has 39 heavy (non-hydrogen) atoms. The molecule has 7 nitrogen and oxygen atoms in total. The van der Waals surface area contributed by atoms with Crippen LogP contribution >= 0.6 is 34.8 Å². The monoisotopic (exact) mass is 594 g/mol. The highest BCUT2D eigenvalue weighted by molar-refractivity contribution is 6.40. The molecule has 3 aromatic carbocycles. The predicted molar refractivity (Wildman–Crippen MR) is 149 cm³/mol. The third-order valence-electron chi connectivity index (χ3n) is 6.03. The fraction of sp³-hybridized carbons (Fsp3) is 0.222. The van der Waals surface area contributed by atoms with Crippen molar-refractivity contribution in [1.82, 2.24) is 14.9 Å². The van der Waals surface area contributed by atoms with Gasteiger partial charge in [-0.3, -0.25) is 9.69 Å². The van der Waals surface area contributed by atoms with Gasteiger partial charge in [0.1, 0.15) is 11.6 Å². The number of nitrogens with one attached hydrogen (secondary N) is 1. The summed E-state index contributed by atoms with van der Waals surface area (Å²) in [5.74, 6) is -3.07. The minimum absolute atomic E-state index is 0.0901. The number of aromatic carboxylic acids is 1. The molecule has 204 valence electrons. The number of imidazole rings is 1. The Labute approximate surface area is 237 Å². The van der Waals surface area contributed by atoms with E-state index in [0.29, 0.717) is 11.3 Å². The third kappa shape index (κ3) is 5.52. The average Bonchev–Trinajstić information content (AvgIpc) is 3.16. The number of aromatic nitrogens is 2. The number of carboxylic acid groups (broad SMARTS) is 1. The van der Waals surface area contributed by atoms with Crippen molar-refractivity contribution in [3.05, 3.63) is 80.3 Å². The van der Waals surface area contributed by atoms with Gasteiger partial charge in [0.25, 0.3) is 0 Å². The van der Waals surface area contributed by atoms with Gasteiger partial charge in [-0.25, -0.2) is 18.6 Å². The second-order valence-electron chi connectivity index (χ2n) is 9.83. The molecular formula is C27H23Cl3F2N4O3. The van der Waals surface area contributed by atoms with Crippen molar-refractivity contribution in [2.24, 2.45) is 12.5 Å². The second kappa shape index (κ2) is 10.6. The van der Waals surface area contributed by atoms with E-state index < -0.39 is 28.6 Å². The lowest BCUT2D eigenvalue weighted by molar-refractivity contribution is -0.128. The summed E-state index contributed by atoms with van der Waals surface area (Å²) in [7, 11) is 1.60. The first-order valence-corrected chi connectivity index (χ1v) is 12.7. The molecule has 0 saturated carbocycles. The molecule has 1 amide bonds. The smallest absolute Gasteiger partial charge is 0.338 e. The third-order valence-corrected chi connectivity index (χ3v) is 7.05. The molecule has 0 fully saturated rings. The van der Waals surface area contributed by atoms with Crippen LogP contribution in [-0.2, 0) is 18.4 Å². The van der Waals surface area contributed by atoms with Crippen LogP contribution in [0.3, 0.4) is 0 Å². The van der Waals surface area contributed by atoms with Crippen LogP contribution in [0.4, 0.5) is 26.1 Å². The molecule has 0 bridgehead atoms. The molecule has 0 aliphatic rings. The summed E-state index contributed by atoms with van der Waals surface area (Å²) < 4.78 is 30.2. The van der Waals surface area contributed by atoms with Gasteiger partial charge in [-0.05, 0) is 35.9 Å². The molecule has 4 aromatic rings. The zero-order chi connectivity index (χ0) is 28.8. The van der Waals surface area contributed by atoms with Gasteiger partial charge >= 0.3 is 5.97 Å². The van der Waals surface area contributed by atoms with Gasteiger partial charge in [0.05, 0.1) is 43.0 Å². The highest BCUT2D eigenvalue weighted by Crippen LogP contribution is 2.45. The van der Waals surface area contributed by atoms with Crippen molar-refractivity contribution < 1.29 is 23.5 Å². The van der Waals surface area contributed by atoms with Crippen molar-refractivity contribution >= 4 is 75.0 Å². The van der Waals surface area contributed by atoms with E-state index in [1.54, 1.807) is 40.0 Å². The lowest BCUT2D eigenvalue weighted by atomic mass is 9.95. The summed E-state index contributed by atoms with van der Waals surface area (Å²) in [4.78, 5) is 30.0. The zero-order valence-corrected chi connectivity index (χ0v) is 23.5. The quantitative estimate of drug-likeness (QED) is 0.239. The fourth-order valence-electron chi connectivity index (χ4n) is 3.90. The van der Waals surface area contributed by atoms with Crippen LogP contribution in [0.1, 0.15) is 36.7 Å². The molecule has 1 aromatic heterocycles. The molecule has 4 rings (SSSR count). The van der Waals surface area contributed by atoms with E-state index in [1.165, 1.54) is 21.6 Å².